The van der Waals surface area contributed by atoms with E-state index >= 15 is 0 Å². The van der Waals surface area contributed by atoms with Crippen LogP contribution < -0.4 is 4.74 Å². The van der Waals surface area contributed by atoms with Crippen LogP contribution in [0.1, 0.15) is 56.3 Å². The molecule has 6 nitrogen and oxygen atoms in total. The van der Waals surface area contributed by atoms with Crippen LogP contribution in [0.3, 0.4) is 0 Å². The summed E-state index contributed by atoms with van der Waals surface area (Å²) in [4.78, 5) is 12.0. The first-order valence-electron chi connectivity index (χ1n) is 8.72. The van der Waals surface area contributed by atoms with E-state index in [2.05, 4.69) is 0 Å². The molecule has 0 unspecified atom stereocenters. The zero-order chi connectivity index (χ0) is 19.4. The van der Waals surface area contributed by atoms with Crippen LogP contribution in [-0.2, 0) is 14.9 Å². The topological polar surface area (TPSA) is 92.7 Å². The van der Waals surface area contributed by atoms with E-state index in [1.165, 1.54) is 12.1 Å². The van der Waals surface area contributed by atoms with E-state index in [-0.39, 0.29) is 17.2 Å². The van der Waals surface area contributed by atoms with Gasteiger partial charge in [0, 0.05) is 0 Å². The van der Waals surface area contributed by atoms with Crippen molar-refractivity contribution in [3.05, 3.63) is 29.6 Å². The summed E-state index contributed by atoms with van der Waals surface area (Å²) in [5, 5.41) is 0. The maximum atomic E-state index is 14.2. The number of benzene rings is 1. The smallest absolute Gasteiger partial charge is 0.338 e. The molecule has 146 valence electrons. The molecule has 1 saturated carbocycles. The van der Waals surface area contributed by atoms with Crippen LogP contribution >= 0.6 is 0 Å². The fourth-order valence-electron chi connectivity index (χ4n) is 3.19. The number of rotatable bonds is 7. The van der Waals surface area contributed by atoms with Gasteiger partial charge in [0.1, 0.15) is 12.2 Å². The molecule has 1 aliphatic rings. The summed E-state index contributed by atoms with van der Waals surface area (Å²) in [6.07, 6.45) is 4.77. The van der Waals surface area contributed by atoms with Crippen LogP contribution in [0, 0.1) is 11.7 Å². The molecule has 0 spiro atoms. The number of halogens is 1. The van der Waals surface area contributed by atoms with Crippen LogP contribution in [0.4, 0.5) is 4.39 Å². The minimum absolute atomic E-state index is 0.0218. The molecule has 1 aromatic rings. The summed E-state index contributed by atoms with van der Waals surface area (Å²) in [6, 6.07) is 3.62. The summed E-state index contributed by atoms with van der Waals surface area (Å²) in [7, 11) is -4.47. The van der Waals surface area contributed by atoms with Gasteiger partial charge in [0.25, 0.3) is 0 Å². The van der Waals surface area contributed by atoms with Crippen LogP contribution in [0.15, 0.2) is 18.2 Å². The van der Waals surface area contributed by atoms with E-state index < -0.39 is 39.9 Å². The predicted octanol–water partition coefficient (Wildman–Crippen LogP) is 3.27. The molecule has 0 bridgehead atoms. The second kappa shape index (κ2) is 8.35. The van der Waals surface area contributed by atoms with Crippen LogP contribution in [-0.4, -0.2) is 36.9 Å². The van der Waals surface area contributed by atoms with Gasteiger partial charge >= 0.3 is 5.97 Å². The molecular weight excluding hydrogens is 363 g/mol. The first-order valence-corrected chi connectivity index (χ1v) is 10.3. The molecule has 0 aromatic heterocycles. The molecule has 1 aromatic carbocycles. The Morgan fingerprint density at radius 3 is 2.50 bits per heavy atom. The van der Waals surface area contributed by atoms with Gasteiger partial charge in [-0.15, -0.1) is 0 Å². The minimum Gasteiger partial charge on any atom is -0.748 e. The predicted molar refractivity (Wildman–Crippen MR) is 92.5 cm³/mol. The summed E-state index contributed by atoms with van der Waals surface area (Å²) in [5.74, 6) is -2.05. The Morgan fingerprint density at radius 2 is 1.92 bits per heavy atom. The van der Waals surface area contributed by atoms with E-state index in [0.29, 0.717) is 0 Å². The first kappa shape index (κ1) is 20.6. The van der Waals surface area contributed by atoms with Crippen molar-refractivity contribution in [1.29, 1.82) is 0 Å². The third kappa shape index (κ3) is 5.41. The van der Waals surface area contributed by atoms with E-state index in [1.54, 1.807) is 0 Å². The molecule has 26 heavy (non-hydrogen) atoms. The molecule has 2 rings (SSSR count). The van der Waals surface area contributed by atoms with Gasteiger partial charge in [-0.3, -0.25) is 0 Å². The maximum absolute atomic E-state index is 14.2. The number of carbonyl (C=O) groups excluding carboxylic acids is 1. The molecule has 0 atom stereocenters. The van der Waals surface area contributed by atoms with Crippen LogP contribution in [0.5, 0.6) is 5.75 Å². The molecule has 0 heterocycles. The number of esters is 1. The van der Waals surface area contributed by atoms with Gasteiger partial charge in [-0.05, 0) is 49.8 Å². The van der Waals surface area contributed by atoms with Crippen LogP contribution in [0.25, 0.3) is 0 Å². The van der Waals surface area contributed by atoms with Crippen molar-refractivity contribution in [3.63, 3.8) is 0 Å². The lowest BCUT2D eigenvalue weighted by atomic mass is 9.77. The highest BCUT2D eigenvalue weighted by Gasteiger charge is 2.38. The lowest BCUT2D eigenvalue weighted by Gasteiger charge is -2.41. The average Bonchev–Trinajstić information content (AvgIpc) is 2.56. The normalized spacial score (nSPS) is 17.1. The summed E-state index contributed by atoms with van der Waals surface area (Å²) >= 11 is 0. The summed E-state index contributed by atoms with van der Waals surface area (Å²) in [6.45, 7) is 3.52. The first-order chi connectivity index (χ1) is 12.1. The van der Waals surface area contributed by atoms with E-state index in [0.717, 1.165) is 38.2 Å². The van der Waals surface area contributed by atoms with Crippen molar-refractivity contribution in [3.8, 4) is 5.75 Å². The van der Waals surface area contributed by atoms with Gasteiger partial charge in [0.15, 0.2) is 11.6 Å². The van der Waals surface area contributed by atoms with Crippen molar-refractivity contribution >= 4 is 16.1 Å². The molecule has 0 amide bonds. The lowest BCUT2D eigenvalue weighted by Crippen LogP contribution is -2.43. The van der Waals surface area contributed by atoms with Gasteiger partial charge in [-0.1, -0.05) is 20.3 Å². The molecule has 1 aliphatic carbocycles. The fourth-order valence-corrected chi connectivity index (χ4v) is 3.48. The zero-order valence-corrected chi connectivity index (χ0v) is 15.8. The van der Waals surface area contributed by atoms with E-state index in [4.69, 9.17) is 9.47 Å². The Labute approximate surface area is 153 Å². The number of hydrogen-bond donors (Lipinski definition) is 0. The van der Waals surface area contributed by atoms with Crippen molar-refractivity contribution in [2.45, 2.75) is 51.6 Å². The maximum Gasteiger partial charge on any atom is 0.338 e. The van der Waals surface area contributed by atoms with E-state index in [9.17, 15) is 22.2 Å². The van der Waals surface area contributed by atoms with Gasteiger partial charge in [0.2, 0.25) is 0 Å². The highest BCUT2D eigenvalue weighted by Crippen LogP contribution is 2.39. The second-order valence-corrected chi connectivity index (χ2v) is 8.45. The Hall–Kier alpha value is -1.67. The largest absolute Gasteiger partial charge is 0.748 e. The van der Waals surface area contributed by atoms with Gasteiger partial charge in [0.05, 0.1) is 21.4 Å². The average molecular weight is 387 g/mol. The number of carbonyl (C=O) groups is 1. The Morgan fingerprint density at radius 1 is 1.27 bits per heavy atom. The van der Waals surface area contributed by atoms with E-state index in [1.807, 2.05) is 13.8 Å². The Balaban J connectivity index is 2.14. The monoisotopic (exact) mass is 387 g/mol. The minimum atomic E-state index is -4.47. The third-order valence-electron chi connectivity index (χ3n) is 4.80. The molecule has 0 radical (unpaired) electrons. The van der Waals surface area contributed by atoms with Gasteiger partial charge in [-0.25, -0.2) is 17.6 Å². The van der Waals surface area contributed by atoms with Crippen molar-refractivity contribution in [2.75, 3.05) is 12.4 Å². The molecule has 0 aliphatic heterocycles. The highest BCUT2D eigenvalue weighted by atomic mass is 32.2. The molecule has 1 fully saturated rings. The number of hydrogen-bond acceptors (Lipinski definition) is 6. The Bertz CT molecular complexity index is 738. The SMILES string of the molecule is CC(C)C1(Oc2cc(C(=O)OCCS(=O)(=O)[O-])ccc2F)CCCCC1. The highest BCUT2D eigenvalue weighted by molar-refractivity contribution is 7.85. The van der Waals surface area contributed by atoms with Crippen molar-refractivity contribution < 1.29 is 31.6 Å². The van der Waals surface area contributed by atoms with Crippen molar-refractivity contribution in [2.24, 2.45) is 5.92 Å². The zero-order valence-electron chi connectivity index (χ0n) is 15.0. The standard InChI is InChI=1S/C18H25FO6S/c1-13(2)18(8-4-3-5-9-18)25-16-12-14(6-7-15(16)19)17(20)24-10-11-26(21,22)23/h6-7,12-13H,3-5,8-11H2,1-2H3,(H,21,22,23)/p-1. The molecular formula is C18H24FO6S-. The summed E-state index contributed by atoms with van der Waals surface area (Å²) in [5.41, 5.74) is -0.433. The number of ether oxygens (including phenoxy) is 2. The molecule has 8 heteroatoms. The van der Waals surface area contributed by atoms with Crippen LogP contribution in [0.2, 0.25) is 0 Å². The van der Waals surface area contributed by atoms with Gasteiger partial charge in [-0.2, -0.15) is 0 Å². The van der Waals surface area contributed by atoms with Crippen molar-refractivity contribution in [1.82, 2.24) is 0 Å². The molecule has 0 saturated heterocycles. The third-order valence-corrected chi connectivity index (χ3v) is 5.47. The summed E-state index contributed by atoms with van der Waals surface area (Å²) < 4.78 is 56.7. The quantitative estimate of drug-likeness (QED) is 0.527. The van der Waals surface area contributed by atoms with Gasteiger partial charge < -0.3 is 14.0 Å². The fraction of sp³-hybridized carbons (Fsp3) is 0.611. The second-order valence-electron chi connectivity index (χ2n) is 6.93. The lowest BCUT2D eigenvalue weighted by molar-refractivity contribution is -0.0150. The Kier molecular flexibility index (Phi) is 6.63. The molecule has 0 N–H and O–H groups in total.